The van der Waals surface area contributed by atoms with E-state index in [1.165, 1.54) is 13.2 Å². The first kappa shape index (κ1) is 16.1. The molecule has 2 heterocycles. The highest BCUT2D eigenvalue weighted by molar-refractivity contribution is 7.89. The Balaban J connectivity index is 1.99. The molecule has 0 spiro atoms. The molecule has 7 heteroatoms. The van der Waals surface area contributed by atoms with Gasteiger partial charge in [-0.25, -0.2) is 8.42 Å². The van der Waals surface area contributed by atoms with Crippen molar-refractivity contribution < 1.29 is 17.9 Å². The molecule has 2 unspecified atom stereocenters. The van der Waals surface area contributed by atoms with Gasteiger partial charge in [-0.3, -0.25) is 0 Å². The van der Waals surface area contributed by atoms with Crippen molar-refractivity contribution in [3.8, 4) is 5.75 Å². The van der Waals surface area contributed by atoms with Gasteiger partial charge in [0.25, 0.3) is 0 Å². The van der Waals surface area contributed by atoms with Crippen molar-refractivity contribution in [2.24, 2.45) is 0 Å². The Bertz CT molecular complexity index is 650. The molecule has 3 rings (SSSR count). The molecule has 2 fully saturated rings. The molecular weight excluding hydrogens is 326 g/mol. The molecule has 2 aliphatic heterocycles. The first-order chi connectivity index (χ1) is 10.5. The van der Waals surface area contributed by atoms with Gasteiger partial charge in [0, 0.05) is 24.2 Å². The number of nitrogens with zero attached hydrogens (tertiary/aromatic N) is 1. The summed E-state index contributed by atoms with van der Waals surface area (Å²) >= 11 is 5.99. The second-order valence-corrected chi connectivity index (χ2v) is 8.09. The predicted octanol–water partition coefficient (Wildman–Crippen LogP) is 2.68. The summed E-state index contributed by atoms with van der Waals surface area (Å²) in [6.07, 6.45) is 3.40. The van der Waals surface area contributed by atoms with Crippen LogP contribution >= 0.6 is 11.6 Å². The van der Waals surface area contributed by atoms with Crippen molar-refractivity contribution >= 4 is 21.6 Å². The van der Waals surface area contributed by atoms with Crippen LogP contribution < -0.4 is 4.74 Å². The highest BCUT2D eigenvalue weighted by Gasteiger charge is 2.48. The van der Waals surface area contributed by atoms with Crippen LogP contribution in [0.2, 0.25) is 5.02 Å². The smallest absolute Gasteiger partial charge is 0.247 e. The van der Waals surface area contributed by atoms with Gasteiger partial charge in [0.15, 0.2) is 0 Å². The Hall–Kier alpha value is -0.820. The van der Waals surface area contributed by atoms with E-state index >= 15 is 0 Å². The minimum absolute atomic E-state index is 0.00242. The number of hydrogen-bond donors (Lipinski definition) is 0. The Kier molecular flexibility index (Phi) is 4.38. The Labute approximate surface area is 136 Å². The molecule has 1 aromatic carbocycles. The third kappa shape index (κ3) is 2.62. The molecule has 0 N–H and O–H groups in total. The van der Waals surface area contributed by atoms with E-state index in [1.54, 1.807) is 23.5 Å². The summed E-state index contributed by atoms with van der Waals surface area (Å²) < 4.78 is 38.5. The van der Waals surface area contributed by atoms with Crippen molar-refractivity contribution in [3.05, 3.63) is 23.2 Å². The number of benzene rings is 1. The van der Waals surface area contributed by atoms with Gasteiger partial charge >= 0.3 is 0 Å². The zero-order chi connectivity index (χ0) is 15.9. The van der Waals surface area contributed by atoms with Crippen molar-refractivity contribution in [2.45, 2.75) is 48.8 Å². The summed E-state index contributed by atoms with van der Waals surface area (Å²) in [6, 6.07) is 4.69. The van der Waals surface area contributed by atoms with Crippen LogP contribution in [0.5, 0.6) is 5.75 Å². The van der Waals surface area contributed by atoms with Gasteiger partial charge in [-0.15, -0.1) is 0 Å². The third-order valence-electron chi connectivity index (χ3n) is 4.64. The van der Waals surface area contributed by atoms with E-state index in [0.717, 1.165) is 25.7 Å². The minimum atomic E-state index is -3.63. The maximum Gasteiger partial charge on any atom is 0.247 e. The van der Waals surface area contributed by atoms with Gasteiger partial charge in [0.1, 0.15) is 10.6 Å². The second kappa shape index (κ2) is 6.00. The molecule has 1 aromatic rings. The molecule has 2 saturated heterocycles. The van der Waals surface area contributed by atoms with E-state index in [1.807, 2.05) is 0 Å². The number of halogens is 1. The van der Waals surface area contributed by atoms with Crippen LogP contribution in [0, 0.1) is 0 Å². The second-order valence-electron chi connectivity index (χ2n) is 5.84. The Morgan fingerprint density at radius 2 is 1.82 bits per heavy atom. The van der Waals surface area contributed by atoms with Crippen molar-refractivity contribution in [1.29, 1.82) is 0 Å². The number of sulfonamides is 1. The lowest BCUT2D eigenvalue weighted by atomic mass is 10.0. The molecule has 0 saturated carbocycles. The summed E-state index contributed by atoms with van der Waals surface area (Å²) in [5.74, 6) is 0.331. The van der Waals surface area contributed by atoms with Gasteiger partial charge in [-0.05, 0) is 43.9 Å². The van der Waals surface area contributed by atoms with Crippen LogP contribution in [0.25, 0.3) is 0 Å². The van der Waals surface area contributed by atoms with Crippen LogP contribution in [0.4, 0.5) is 0 Å². The van der Waals surface area contributed by atoms with Gasteiger partial charge in [0.2, 0.25) is 10.0 Å². The fourth-order valence-corrected chi connectivity index (χ4v) is 5.95. The van der Waals surface area contributed by atoms with E-state index in [9.17, 15) is 8.42 Å². The number of piperidine rings is 1. The molecule has 2 aliphatic rings. The molecule has 2 atom stereocenters. The first-order valence-electron chi connectivity index (χ1n) is 7.37. The summed E-state index contributed by atoms with van der Waals surface area (Å²) in [6.45, 7) is 0. The topological polar surface area (TPSA) is 55.8 Å². The third-order valence-corrected chi connectivity index (χ3v) is 6.90. The van der Waals surface area contributed by atoms with Crippen LogP contribution in [0.3, 0.4) is 0 Å². The van der Waals surface area contributed by atoms with E-state index in [4.69, 9.17) is 21.1 Å². The molecular formula is C15H20ClNO4S. The van der Waals surface area contributed by atoms with Crippen LogP contribution in [-0.4, -0.2) is 45.1 Å². The summed E-state index contributed by atoms with van der Waals surface area (Å²) in [4.78, 5) is 0.148. The lowest BCUT2D eigenvalue weighted by Gasteiger charge is -2.37. The first-order valence-corrected chi connectivity index (χ1v) is 9.19. The molecule has 5 nitrogen and oxygen atoms in total. The predicted molar refractivity (Wildman–Crippen MR) is 83.9 cm³/mol. The van der Waals surface area contributed by atoms with Crippen LogP contribution in [0.1, 0.15) is 25.7 Å². The largest absolute Gasteiger partial charge is 0.495 e. The molecule has 22 heavy (non-hydrogen) atoms. The number of methoxy groups -OCH3 is 2. The Morgan fingerprint density at radius 1 is 1.18 bits per heavy atom. The van der Waals surface area contributed by atoms with Crippen molar-refractivity contribution in [3.63, 3.8) is 0 Å². The van der Waals surface area contributed by atoms with Crippen molar-refractivity contribution in [1.82, 2.24) is 4.31 Å². The van der Waals surface area contributed by atoms with Gasteiger partial charge in [-0.1, -0.05) is 11.6 Å². The van der Waals surface area contributed by atoms with E-state index in [2.05, 4.69) is 0 Å². The van der Waals surface area contributed by atoms with Crippen LogP contribution in [-0.2, 0) is 14.8 Å². The zero-order valence-electron chi connectivity index (χ0n) is 12.7. The molecule has 2 bridgehead atoms. The quantitative estimate of drug-likeness (QED) is 0.842. The number of ether oxygens (including phenoxy) is 2. The monoisotopic (exact) mass is 345 g/mol. The normalized spacial score (nSPS) is 28.8. The van der Waals surface area contributed by atoms with Gasteiger partial charge in [0.05, 0.1) is 13.2 Å². The summed E-state index contributed by atoms with van der Waals surface area (Å²) in [5, 5.41) is 0.387. The fraction of sp³-hybridized carbons (Fsp3) is 0.600. The van der Waals surface area contributed by atoms with Gasteiger partial charge in [-0.2, -0.15) is 4.31 Å². The number of rotatable bonds is 4. The lowest BCUT2D eigenvalue weighted by Crippen LogP contribution is -2.48. The number of fused-ring (bicyclic) bond motifs is 2. The lowest BCUT2D eigenvalue weighted by molar-refractivity contribution is 0.0349. The highest BCUT2D eigenvalue weighted by atomic mass is 35.5. The van der Waals surface area contributed by atoms with Crippen molar-refractivity contribution in [2.75, 3.05) is 14.2 Å². The highest BCUT2D eigenvalue weighted by Crippen LogP contribution is 2.42. The average Bonchev–Trinajstić information content (AvgIpc) is 2.79. The maximum atomic E-state index is 13.1. The molecule has 0 aromatic heterocycles. The SMILES string of the molecule is COc1ccc(Cl)cc1S(=O)(=O)N1C2CCC1CC(OC)C2. The number of hydrogen-bond acceptors (Lipinski definition) is 4. The van der Waals surface area contributed by atoms with E-state index in [-0.39, 0.29) is 23.1 Å². The van der Waals surface area contributed by atoms with Crippen LogP contribution in [0.15, 0.2) is 23.1 Å². The summed E-state index contributed by atoms with van der Waals surface area (Å²) in [5.41, 5.74) is 0. The Morgan fingerprint density at radius 3 is 2.36 bits per heavy atom. The minimum Gasteiger partial charge on any atom is -0.495 e. The van der Waals surface area contributed by atoms with E-state index < -0.39 is 10.0 Å². The molecule has 0 radical (unpaired) electrons. The summed E-state index contributed by atoms with van der Waals surface area (Å²) in [7, 11) is -0.471. The fourth-order valence-electron chi connectivity index (χ4n) is 3.63. The molecule has 122 valence electrons. The standard InChI is InChI=1S/C15H20ClNO4S/c1-20-13-8-11-4-5-12(9-13)17(11)22(18,19)15-7-10(16)3-6-14(15)21-2/h3,6-7,11-13H,4-5,8-9H2,1-2H3. The van der Waals surface area contributed by atoms with Gasteiger partial charge < -0.3 is 9.47 Å². The average molecular weight is 346 g/mol. The zero-order valence-corrected chi connectivity index (χ0v) is 14.2. The van der Waals surface area contributed by atoms with E-state index in [0.29, 0.717) is 10.8 Å². The maximum absolute atomic E-state index is 13.1. The molecule has 0 amide bonds. The molecule has 0 aliphatic carbocycles.